The second kappa shape index (κ2) is 5.37. The summed E-state index contributed by atoms with van der Waals surface area (Å²) in [5.74, 6) is -0.0485. The van der Waals surface area contributed by atoms with Crippen LogP contribution in [-0.4, -0.2) is 30.8 Å². The maximum absolute atomic E-state index is 12.6. The molecule has 1 heterocycles. The van der Waals surface area contributed by atoms with Crippen molar-refractivity contribution < 1.29 is 14.4 Å². The van der Waals surface area contributed by atoms with Gasteiger partial charge in [0.05, 0.1) is 16.9 Å². The first-order valence-corrected chi connectivity index (χ1v) is 8.18. The first-order valence-electron chi connectivity index (χ1n) is 8.18. The highest BCUT2D eigenvalue weighted by Crippen LogP contribution is 2.38. The fourth-order valence-corrected chi connectivity index (χ4v) is 2.96. The van der Waals surface area contributed by atoms with Gasteiger partial charge in [-0.05, 0) is 37.8 Å². The number of fused-ring (bicyclic) bond motifs is 1. The van der Waals surface area contributed by atoms with Crippen LogP contribution in [0.25, 0.3) is 0 Å². The fourth-order valence-electron chi connectivity index (χ4n) is 2.96. The fraction of sp³-hybridized carbons (Fsp3) is 0.471. The van der Waals surface area contributed by atoms with E-state index in [4.69, 9.17) is 0 Å². The lowest BCUT2D eigenvalue weighted by molar-refractivity contribution is -0.120. The van der Waals surface area contributed by atoms with Gasteiger partial charge >= 0.3 is 0 Å². The first-order chi connectivity index (χ1) is 11.1. The van der Waals surface area contributed by atoms with Crippen molar-refractivity contribution in [2.45, 2.75) is 25.7 Å². The molecule has 0 aromatic heterocycles. The summed E-state index contributed by atoms with van der Waals surface area (Å²) in [5, 5.41) is 5.73. The van der Waals surface area contributed by atoms with E-state index in [1.54, 1.807) is 23.1 Å². The van der Waals surface area contributed by atoms with Crippen LogP contribution < -0.4 is 15.5 Å². The second-order valence-electron chi connectivity index (χ2n) is 6.49. The number of hydrogen-bond acceptors (Lipinski definition) is 3. The molecule has 1 aliphatic heterocycles. The average Bonchev–Trinajstić information content (AvgIpc) is 3.42. The molecule has 1 aromatic carbocycles. The molecule has 0 unspecified atom stereocenters. The number of nitrogens with one attached hydrogen (secondary N) is 2. The van der Waals surface area contributed by atoms with Gasteiger partial charge < -0.3 is 15.5 Å². The first kappa shape index (κ1) is 14.2. The van der Waals surface area contributed by atoms with Gasteiger partial charge in [0.25, 0.3) is 5.91 Å². The largest absolute Gasteiger partial charge is 0.350 e. The summed E-state index contributed by atoms with van der Waals surface area (Å²) >= 11 is 0. The lowest BCUT2D eigenvalue weighted by Gasteiger charge is -2.25. The van der Waals surface area contributed by atoms with Gasteiger partial charge in [-0.1, -0.05) is 6.07 Å². The zero-order valence-corrected chi connectivity index (χ0v) is 12.8. The van der Waals surface area contributed by atoms with Crippen LogP contribution in [0.5, 0.6) is 0 Å². The Balaban J connectivity index is 1.74. The number of anilines is 2. The Bertz CT molecular complexity index is 692. The maximum Gasteiger partial charge on any atom is 0.253 e. The minimum absolute atomic E-state index is 0.0260. The number of para-hydroxylation sites is 1. The molecule has 3 aliphatic rings. The van der Waals surface area contributed by atoms with Crippen LogP contribution in [0.2, 0.25) is 0 Å². The van der Waals surface area contributed by atoms with Crippen molar-refractivity contribution in [2.24, 2.45) is 11.8 Å². The molecule has 0 atom stereocenters. The topological polar surface area (TPSA) is 78.5 Å². The average molecular weight is 313 g/mol. The Morgan fingerprint density at radius 2 is 1.87 bits per heavy atom. The Kier molecular flexibility index (Phi) is 3.32. The molecule has 2 fully saturated rings. The zero-order valence-electron chi connectivity index (χ0n) is 12.8. The molecule has 2 aliphatic carbocycles. The predicted octanol–water partition coefficient (Wildman–Crippen LogP) is 1.52. The lowest BCUT2D eigenvalue weighted by Crippen LogP contribution is -2.36. The van der Waals surface area contributed by atoms with Crippen LogP contribution in [0.4, 0.5) is 11.4 Å². The van der Waals surface area contributed by atoms with E-state index in [1.165, 1.54) is 0 Å². The number of benzene rings is 1. The van der Waals surface area contributed by atoms with Gasteiger partial charge in [0.15, 0.2) is 0 Å². The molecule has 0 saturated heterocycles. The summed E-state index contributed by atoms with van der Waals surface area (Å²) in [6.45, 7) is 0.854. The number of nitrogens with zero attached hydrogens (tertiary/aromatic N) is 1. The normalized spacial score (nSPS) is 20.3. The molecule has 0 radical (unpaired) electrons. The summed E-state index contributed by atoms with van der Waals surface area (Å²) in [6, 6.07) is 5.22. The van der Waals surface area contributed by atoms with Gasteiger partial charge in [-0.3, -0.25) is 14.4 Å². The quantitative estimate of drug-likeness (QED) is 0.888. The molecule has 0 bridgehead atoms. The van der Waals surface area contributed by atoms with Gasteiger partial charge in [-0.25, -0.2) is 0 Å². The van der Waals surface area contributed by atoms with Gasteiger partial charge in [-0.2, -0.15) is 0 Å². The monoisotopic (exact) mass is 313 g/mol. The van der Waals surface area contributed by atoms with E-state index >= 15 is 0 Å². The standard InChI is InChI=1S/C17H19N3O3/c21-15(10-4-5-10)19-13-3-1-2-12-14(13)20(9-8-18-16(12)22)17(23)11-6-7-11/h1-3,10-11H,4-9H2,(H,18,22)(H,19,21). The third kappa shape index (κ3) is 2.69. The smallest absolute Gasteiger partial charge is 0.253 e. The van der Waals surface area contributed by atoms with Crippen LogP contribution in [0.1, 0.15) is 36.0 Å². The molecular formula is C17H19N3O3. The Morgan fingerprint density at radius 1 is 1.13 bits per heavy atom. The Morgan fingerprint density at radius 3 is 2.57 bits per heavy atom. The molecule has 120 valence electrons. The van der Waals surface area contributed by atoms with Crippen LogP contribution in [0, 0.1) is 11.8 Å². The van der Waals surface area contributed by atoms with Crippen LogP contribution in [0.3, 0.4) is 0 Å². The number of carbonyl (C=O) groups is 3. The van der Waals surface area contributed by atoms with Crippen molar-refractivity contribution in [1.29, 1.82) is 0 Å². The Labute approximate surface area is 134 Å². The van der Waals surface area contributed by atoms with Gasteiger partial charge in [0.2, 0.25) is 11.8 Å². The summed E-state index contributed by atoms with van der Waals surface area (Å²) in [6.07, 6.45) is 3.63. The third-order valence-corrected chi connectivity index (χ3v) is 4.57. The molecule has 2 saturated carbocycles. The minimum atomic E-state index is -0.200. The van der Waals surface area contributed by atoms with Crippen LogP contribution in [0.15, 0.2) is 18.2 Å². The summed E-state index contributed by atoms with van der Waals surface area (Å²) in [4.78, 5) is 38.7. The molecule has 6 nitrogen and oxygen atoms in total. The summed E-state index contributed by atoms with van der Waals surface area (Å²) in [5.41, 5.74) is 1.56. The van der Waals surface area contributed by atoms with Crippen molar-refractivity contribution in [3.63, 3.8) is 0 Å². The Hall–Kier alpha value is -2.37. The highest BCUT2D eigenvalue weighted by atomic mass is 16.2. The van der Waals surface area contributed by atoms with Crippen LogP contribution in [-0.2, 0) is 9.59 Å². The third-order valence-electron chi connectivity index (χ3n) is 4.57. The minimum Gasteiger partial charge on any atom is -0.350 e. The molecule has 1 aromatic rings. The molecule has 0 spiro atoms. The number of carbonyl (C=O) groups excluding carboxylic acids is 3. The van der Waals surface area contributed by atoms with E-state index in [0.29, 0.717) is 30.0 Å². The van der Waals surface area contributed by atoms with E-state index in [2.05, 4.69) is 10.6 Å². The highest BCUT2D eigenvalue weighted by molar-refractivity contribution is 6.11. The number of amides is 3. The second-order valence-corrected chi connectivity index (χ2v) is 6.49. The van der Waals surface area contributed by atoms with E-state index in [1.807, 2.05) is 0 Å². The van der Waals surface area contributed by atoms with Gasteiger partial charge in [0.1, 0.15) is 0 Å². The number of hydrogen-bond donors (Lipinski definition) is 2. The summed E-state index contributed by atoms with van der Waals surface area (Å²) in [7, 11) is 0. The van der Waals surface area contributed by atoms with Gasteiger partial charge in [-0.15, -0.1) is 0 Å². The maximum atomic E-state index is 12.6. The van der Waals surface area contributed by atoms with E-state index < -0.39 is 0 Å². The van der Waals surface area contributed by atoms with Crippen molar-refractivity contribution in [2.75, 3.05) is 23.3 Å². The van der Waals surface area contributed by atoms with Crippen molar-refractivity contribution >= 4 is 29.1 Å². The molecule has 23 heavy (non-hydrogen) atoms. The van der Waals surface area contributed by atoms with E-state index in [9.17, 15) is 14.4 Å². The van der Waals surface area contributed by atoms with E-state index in [-0.39, 0.29) is 29.6 Å². The van der Waals surface area contributed by atoms with Crippen molar-refractivity contribution in [1.82, 2.24) is 5.32 Å². The van der Waals surface area contributed by atoms with Crippen LogP contribution >= 0.6 is 0 Å². The SMILES string of the molecule is O=C1NCCN(C(=O)C2CC2)c2c(NC(=O)C3CC3)cccc21. The van der Waals surface area contributed by atoms with Gasteiger partial charge in [0, 0.05) is 24.9 Å². The lowest BCUT2D eigenvalue weighted by atomic mass is 10.1. The van der Waals surface area contributed by atoms with Crippen molar-refractivity contribution in [3.8, 4) is 0 Å². The predicted molar refractivity (Wildman–Crippen MR) is 85.2 cm³/mol. The molecule has 6 heteroatoms. The zero-order chi connectivity index (χ0) is 16.0. The summed E-state index contributed by atoms with van der Waals surface area (Å²) < 4.78 is 0. The molecular weight excluding hydrogens is 294 g/mol. The molecule has 4 rings (SSSR count). The highest BCUT2D eigenvalue weighted by Gasteiger charge is 2.38. The molecule has 2 N–H and O–H groups in total. The van der Waals surface area contributed by atoms with Crippen molar-refractivity contribution in [3.05, 3.63) is 23.8 Å². The van der Waals surface area contributed by atoms with E-state index in [0.717, 1.165) is 25.7 Å². The molecule has 3 amide bonds. The number of rotatable bonds is 3.